The molecule has 35 heavy (non-hydrogen) atoms. The molecule has 0 saturated carbocycles. The van der Waals surface area contributed by atoms with Crippen LogP contribution < -0.4 is 20.9 Å². The number of carbonyl (C=O) groups excluding carboxylic acids is 1. The maximum absolute atomic E-state index is 11.7. The van der Waals surface area contributed by atoms with Crippen molar-refractivity contribution in [3.63, 3.8) is 0 Å². The fourth-order valence-corrected chi connectivity index (χ4v) is 5.93. The lowest BCUT2D eigenvalue weighted by Gasteiger charge is -2.41. The number of fused-ring (bicyclic) bond motifs is 2. The molecule has 3 aliphatic rings. The summed E-state index contributed by atoms with van der Waals surface area (Å²) in [6, 6.07) is 6.08. The Hall–Kier alpha value is -3.24. The smallest absolute Gasteiger partial charge is 0.221 e. The number of H-pyrrole nitrogens is 1. The van der Waals surface area contributed by atoms with Gasteiger partial charge in [-0.15, -0.1) is 0 Å². The third kappa shape index (κ3) is 3.71. The number of aromatic amines is 1. The Balaban J connectivity index is 1.25. The summed E-state index contributed by atoms with van der Waals surface area (Å²) in [6.45, 7) is 6.95. The number of aromatic nitrogens is 4. The molecule has 6 rings (SSSR count). The fourth-order valence-electron chi connectivity index (χ4n) is 5.93. The van der Waals surface area contributed by atoms with Crippen molar-refractivity contribution >= 4 is 40.1 Å². The van der Waals surface area contributed by atoms with Crippen LogP contribution in [0.3, 0.4) is 0 Å². The highest BCUT2D eigenvalue weighted by Crippen LogP contribution is 2.42. The van der Waals surface area contributed by atoms with E-state index in [0.717, 1.165) is 86.0 Å². The van der Waals surface area contributed by atoms with Crippen molar-refractivity contribution in [1.82, 2.24) is 20.2 Å². The fraction of sp³-hybridized carbons (Fsp3) is 0.520. The van der Waals surface area contributed by atoms with E-state index in [1.165, 1.54) is 6.92 Å². The minimum absolute atomic E-state index is 0.0697. The summed E-state index contributed by atoms with van der Waals surface area (Å²) in [5.74, 6) is 1.55. The molecule has 5 heterocycles. The Morgan fingerprint density at radius 3 is 2.86 bits per heavy atom. The van der Waals surface area contributed by atoms with Crippen molar-refractivity contribution in [2.45, 2.75) is 51.7 Å². The second kappa shape index (κ2) is 8.46. The van der Waals surface area contributed by atoms with Crippen LogP contribution in [0, 0.1) is 5.41 Å². The molecule has 2 saturated heterocycles. The van der Waals surface area contributed by atoms with Crippen molar-refractivity contribution in [3.8, 4) is 0 Å². The highest BCUT2D eigenvalue weighted by atomic mass is 16.5. The Morgan fingerprint density at radius 2 is 2.11 bits per heavy atom. The minimum Gasteiger partial charge on any atom is -0.376 e. The maximum Gasteiger partial charge on any atom is 0.221 e. The standard InChI is InChI=1S/C25H32N8O2/c1-15-22(26)25(14-35-15)8-11-32(12-9-25)20-13-27-21-23(29-20)30-31-24(21)33-10-4-5-17-18(28-16(2)34)6-3-7-19(17)33/h3,6-7,13,15,22H,4-5,8-12,14,26H2,1-2H3,(H,28,34)(H,29,30,31). The summed E-state index contributed by atoms with van der Waals surface area (Å²) in [5.41, 5.74) is 11.0. The van der Waals surface area contributed by atoms with Gasteiger partial charge in [0.2, 0.25) is 5.91 Å². The van der Waals surface area contributed by atoms with E-state index < -0.39 is 0 Å². The molecule has 3 aliphatic heterocycles. The average molecular weight is 477 g/mol. The van der Waals surface area contributed by atoms with Crippen LogP contribution in [0.15, 0.2) is 24.4 Å². The largest absolute Gasteiger partial charge is 0.376 e. The predicted octanol–water partition coefficient (Wildman–Crippen LogP) is 2.73. The molecule has 1 aromatic carbocycles. The van der Waals surface area contributed by atoms with E-state index >= 15 is 0 Å². The van der Waals surface area contributed by atoms with Crippen molar-refractivity contribution in [2.75, 3.05) is 41.4 Å². The van der Waals surface area contributed by atoms with Gasteiger partial charge in [0.15, 0.2) is 17.0 Å². The molecule has 0 radical (unpaired) electrons. The quantitative estimate of drug-likeness (QED) is 0.527. The molecule has 0 bridgehead atoms. The zero-order chi connectivity index (χ0) is 24.2. The number of nitrogens with two attached hydrogens (primary N) is 1. The predicted molar refractivity (Wildman–Crippen MR) is 135 cm³/mol. The second-order valence-corrected chi connectivity index (χ2v) is 10.1. The lowest BCUT2D eigenvalue weighted by atomic mass is 9.73. The lowest BCUT2D eigenvalue weighted by Crippen LogP contribution is -2.50. The number of amides is 1. The summed E-state index contributed by atoms with van der Waals surface area (Å²) in [5, 5.41) is 10.7. The molecular weight excluding hydrogens is 444 g/mol. The summed E-state index contributed by atoms with van der Waals surface area (Å²) >= 11 is 0. The third-order valence-corrected chi connectivity index (χ3v) is 7.99. The van der Waals surface area contributed by atoms with Gasteiger partial charge in [0, 0.05) is 49.4 Å². The van der Waals surface area contributed by atoms with Crippen molar-refractivity contribution in [1.29, 1.82) is 0 Å². The molecular formula is C25H32N8O2. The van der Waals surface area contributed by atoms with Gasteiger partial charge in [-0.1, -0.05) is 6.07 Å². The Morgan fingerprint density at radius 1 is 1.29 bits per heavy atom. The van der Waals surface area contributed by atoms with Crippen LogP contribution in [0.1, 0.15) is 38.7 Å². The van der Waals surface area contributed by atoms with Crippen molar-refractivity contribution < 1.29 is 9.53 Å². The van der Waals surface area contributed by atoms with Gasteiger partial charge in [-0.05, 0) is 50.3 Å². The first kappa shape index (κ1) is 22.2. The topological polar surface area (TPSA) is 125 Å². The van der Waals surface area contributed by atoms with E-state index in [1.54, 1.807) is 0 Å². The summed E-state index contributed by atoms with van der Waals surface area (Å²) < 4.78 is 5.86. The molecule has 3 aromatic rings. The number of ether oxygens (including phenoxy) is 1. The highest BCUT2D eigenvalue weighted by molar-refractivity contribution is 5.93. The van der Waals surface area contributed by atoms with E-state index in [1.807, 2.05) is 18.3 Å². The number of nitrogens with one attached hydrogen (secondary N) is 2. The number of hydrogen-bond donors (Lipinski definition) is 3. The lowest BCUT2D eigenvalue weighted by molar-refractivity contribution is -0.114. The molecule has 2 fully saturated rings. The Kier molecular flexibility index (Phi) is 5.37. The Bertz CT molecular complexity index is 1270. The van der Waals surface area contributed by atoms with Crippen molar-refractivity contribution in [3.05, 3.63) is 30.0 Å². The molecule has 10 nitrogen and oxygen atoms in total. The van der Waals surface area contributed by atoms with Gasteiger partial charge in [-0.2, -0.15) is 5.10 Å². The normalized spacial score (nSPS) is 23.6. The first-order chi connectivity index (χ1) is 16.9. The van der Waals surface area contributed by atoms with Crippen LogP contribution in [0.25, 0.3) is 11.2 Å². The molecule has 2 aromatic heterocycles. The van der Waals surface area contributed by atoms with Crippen LogP contribution >= 0.6 is 0 Å². The van der Waals surface area contributed by atoms with E-state index in [4.69, 9.17) is 20.4 Å². The Labute approximate surface area is 204 Å². The first-order valence-corrected chi connectivity index (χ1v) is 12.5. The minimum atomic E-state index is -0.0697. The van der Waals surface area contributed by atoms with Crippen molar-refractivity contribution in [2.24, 2.45) is 11.1 Å². The van der Waals surface area contributed by atoms with E-state index in [0.29, 0.717) is 5.65 Å². The third-order valence-electron chi connectivity index (χ3n) is 7.99. The highest BCUT2D eigenvalue weighted by Gasteiger charge is 2.47. The maximum atomic E-state index is 11.7. The number of anilines is 4. The molecule has 4 N–H and O–H groups in total. The number of hydrogen-bond acceptors (Lipinski definition) is 8. The average Bonchev–Trinajstić information content (AvgIpc) is 3.41. The van der Waals surface area contributed by atoms with E-state index in [-0.39, 0.29) is 23.5 Å². The van der Waals surface area contributed by atoms with Crippen LogP contribution in [-0.2, 0) is 16.0 Å². The number of benzene rings is 1. The molecule has 184 valence electrons. The number of rotatable bonds is 3. The van der Waals surface area contributed by atoms with Gasteiger partial charge in [-0.3, -0.25) is 9.89 Å². The van der Waals surface area contributed by atoms with Gasteiger partial charge in [0.25, 0.3) is 0 Å². The van der Waals surface area contributed by atoms with Crippen LogP contribution in [0.2, 0.25) is 0 Å². The van der Waals surface area contributed by atoms with Crippen LogP contribution in [-0.4, -0.2) is 64.5 Å². The SMILES string of the molecule is CC(=O)Nc1cccc2c1CCCN2c1n[nH]c2nc(N3CCC4(CC3)COC(C)C4N)cnc12. The zero-order valence-corrected chi connectivity index (χ0v) is 20.3. The van der Waals surface area contributed by atoms with Gasteiger partial charge in [0.05, 0.1) is 18.9 Å². The monoisotopic (exact) mass is 476 g/mol. The number of carbonyl (C=O) groups is 1. The van der Waals surface area contributed by atoms with Gasteiger partial charge in [-0.25, -0.2) is 9.97 Å². The molecule has 2 atom stereocenters. The summed E-state index contributed by atoms with van der Waals surface area (Å²) in [7, 11) is 0. The zero-order valence-electron chi connectivity index (χ0n) is 20.3. The second-order valence-electron chi connectivity index (χ2n) is 10.1. The number of nitrogens with zero attached hydrogens (tertiary/aromatic N) is 5. The van der Waals surface area contributed by atoms with Gasteiger partial charge < -0.3 is 25.6 Å². The molecule has 1 spiro atoms. The van der Waals surface area contributed by atoms with Gasteiger partial charge >= 0.3 is 0 Å². The van der Waals surface area contributed by atoms with E-state index in [9.17, 15) is 4.79 Å². The first-order valence-electron chi connectivity index (χ1n) is 12.5. The molecule has 0 aliphatic carbocycles. The van der Waals surface area contributed by atoms with Crippen LogP contribution in [0.5, 0.6) is 0 Å². The number of piperidine rings is 1. The molecule has 2 unspecified atom stereocenters. The molecule has 10 heteroatoms. The van der Waals surface area contributed by atoms with E-state index in [2.05, 4.69) is 38.3 Å². The van der Waals surface area contributed by atoms with Crippen LogP contribution in [0.4, 0.5) is 23.0 Å². The summed E-state index contributed by atoms with van der Waals surface area (Å²) in [6.07, 6.45) is 5.83. The molecule has 1 amide bonds. The summed E-state index contributed by atoms with van der Waals surface area (Å²) in [4.78, 5) is 25.8. The van der Waals surface area contributed by atoms with Gasteiger partial charge in [0.1, 0.15) is 5.82 Å².